The Bertz CT molecular complexity index is 510. The van der Waals surface area contributed by atoms with Gasteiger partial charge in [-0.1, -0.05) is 0 Å². The molecular weight excluding hydrogens is 262 g/mol. The number of hydrogen-bond donors (Lipinski definition) is 1. The summed E-state index contributed by atoms with van der Waals surface area (Å²) in [7, 11) is 1.76. The molecule has 2 aromatic rings. The number of thiazole rings is 1. The lowest BCUT2D eigenvalue weighted by molar-refractivity contribution is 0.107. The van der Waals surface area contributed by atoms with Gasteiger partial charge in [-0.2, -0.15) is 0 Å². The number of aliphatic hydroxyl groups is 1. The van der Waals surface area contributed by atoms with Crippen molar-refractivity contribution in [2.24, 2.45) is 0 Å². The summed E-state index contributed by atoms with van der Waals surface area (Å²) in [6.45, 7) is 1.99. The Balaban J connectivity index is 1.71. The molecule has 0 saturated carbocycles. The van der Waals surface area contributed by atoms with Crippen molar-refractivity contribution in [3.05, 3.63) is 23.5 Å². The van der Waals surface area contributed by atoms with E-state index in [1.54, 1.807) is 18.4 Å². The number of rotatable bonds is 5. The molecule has 5 nitrogen and oxygen atoms in total. The topological polar surface area (TPSA) is 50.0 Å². The van der Waals surface area contributed by atoms with Crippen molar-refractivity contribution >= 4 is 16.3 Å². The standard InChI is InChI=1S/C13H19N3O2S/c1-18-12-6-11(2-4-17)16(9-12)8-10-7-15-3-5-19-13(15)14-10/h3,5,7,11-12,17H,2,4,6,8-9H2,1H3/t11-,12+/m1/s1. The van der Waals surface area contributed by atoms with Crippen molar-refractivity contribution in [3.63, 3.8) is 0 Å². The lowest BCUT2D eigenvalue weighted by Crippen LogP contribution is -2.30. The van der Waals surface area contributed by atoms with Crippen molar-refractivity contribution in [1.29, 1.82) is 0 Å². The molecule has 0 unspecified atom stereocenters. The molecule has 1 aliphatic rings. The molecule has 2 atom stereocenters. The van der Waals surface area contributed by atoms with Gasteiger partial charge in [-0.05, 0) is 12.8 Å². The molecule has 1 N–H and O–H groups in total. The molecule has 0 aromatic carbocycles. The zero-order chi connectivity index (χ0) is 13.2. The monoisotopic (exact) mass is 281 g/mol. The van der Waals surface area contributed by atoms with Gasteiger partial charge in [-0.3, -0.25) is 9.30 Å². The second-order valence-electron chi connectivity index (χ2n) is 5.01. The summed E-state index contributed by atoms with van der Waals surface area (Å²) in [6, 6.07) is 0.398. The Kier molecular flexibility index (Phi) is 3.83. The average molecular weight is 281 g/mol. The van der Waals surface area contributed by atoms with Crippen LogP contribution < -0.4 is 0 Å². The van der Waals surface area contributed by atoms with Gasteiger partial charge in [0.15, 0.2) is 4.96 Å². The van der Waals surface area contributed by atoms with E-state index in [9.17, 15) is 0 Å². The molecule has 0 radical (unpaired) electrons. The summed E-state index contributed by atoms with van der Waals surface area (Å²) in [6.07, 6.45) is 6.20. The summed E-state index contributed by atoms with van der Waals surface area (Å²) < 4.78 is 7.51. The first-order chi connectivity index (χ1) is 9.30. The van der Waals surface area contributed by atoms with Gasteiger partial charge in [-0.15, -0.1) is 11.3 Å². The quantitative estimate of drug-likeness (QED) is 0.899. The molecule has 1 fully saturated rings. The summed E-state index contributed by atoms with van der Waals surface area (Å²) in [5, 5.41) is 11.2. The van der Waals surface area contributed by atoms with Crippen LogP contribution >= 0.6 is 11.3 Å². The first-order valence-corrected chi connectivity index (χ1v) is 7.47. The van der Waals surface area contributed by atoms with E-state index in [2.05, 4.69) is 20.5 Å². The Morgan fingerprint density at radius 3 is 3.21 bits per heavy atom. The molecule has 1 saturated heterocycles. The van der Waals surface area contributed by atoms with Gasteiger partial charge >= 0.3 is 0 Å². The maximum Gasteiger partial charge on any atom is 0.193 e. The second kappa shape index (κ2) is 5.58. The summed E-state index contributed by atoms with van der Waals surface area (Å²) in [5.41, 5.74) is 1.09. The van der Waals surface area contributed by atoms with Crippen molar-refractivity contribution in [2.75, 3.05) is 20.3 Å². The molecule has 0 amide bonds. The normalized spacial score (nSPS) is 24.5. The van der Waals surface area contributed by atoms with E-state index in [0.717, 1.165) is 36.6 Å². The van der Waals surface area contributed by atoms with Gasteiger partial charge in [0.05, 0.1) is 11.8 Å². The highest BCUT2D eigenvalue weighted by atomic mass is 32.1. The lowest BCUT2D eigenvalue weighted by atomic mass is 10.1. The van der Waals surface area contributed by atoms with E-state index in [4.69, 9.17) is 9.84 Å². The van der Waals surface area contributed by atoms with E-state index in [-0.39, 0.29) is 12.7 Å². The number of imidazole rings is 1. The highest BCUT2D eigenvalue weighted by Gasteiger charge is 2.31. The van der Waals surface area contributed by atoms with Gasteiger partial charge in [0.2, 0.25) is 0 Å². The van der Waals surface area contributed by atoms with Crippen molar-refractivity contribution in [3.8, 4) is 0 Å². The zero-order valence-corrected chi connectivity index (χ0v) is 11.8. The molecule has 1 aliphatic heterocycles. The van der Waals surface area contributed by atoms with Crippen LogP contribution in [0, 0.1) is 0 Å². The molecule has 6 heteroatoms. The third-order valence-corrected chi connectivity index (χ3v) is 4.56. The number of aromatic nitrogens is 2. The fraction of sp³-hybridized carbons (Fsp3) is 0.615. The first-order valence-electron chi connectivity index (χ1n) is 6.59. The predicted molar refractivity (Wildman–Crippen MR) is 74.4 cm³/mol. The maximum absolute atomic E-state index is 9.17. The largest absolute Gasteiger partial charge is 0.396 e. The van der Waals surface area contributed by atoms with E-state index < -0.39 is 0 Å². The minimum Gasteiger partial charge on any atom is -0.396 e. The zero-order valence-electron chi connectivity index (χ0n) is 11.0. The SMILES string of the molecule is CO[C@H]1C[C@@H](CCO)N(Cc2cn3ccsc3n2)C1. The molecule has 0 spiro atoms. The highest BCUT2D eigenvalue weighted by molar-refractivity contribution is 7.15. The molecular formula is C13H19N3O2S. The van der Waals surface area contributed by atoms with Crippen LogP contribution in [0.5, 0.6) is 0 Å². The fourth-order valence-corrected chi connectivity index (χ4v) is 3.53. The molecule has 0 aliphatic carbocycles. The summed E-state index contributed by atoms with van der Waals surface area (Å²) >= 11 is 1.65. The molecule has 3 heterocycles. The van der Waals surface area contributed by atoms with Crippen molar-refractivity contribution in [2.45, 2.75) is 31.5 Å². The van der Waals surface area contributed by atoms with E-state index in [0.29, 0.717) is 6.04 Å². The Morgan fingerprint density at radius 2 is 2.47 bits per heavy atom. The fourth-order valence-electron chi connectivity index (χ4n) is 2.81. The van der Waals surface area contributed by atoms with Crippen LogP contribution in [-0.2, 0) is 11.3 Å². The van der Waals surface area contributed by atoms with Crippen molar-refractivity contribution < 1.29 is 9.84 Å². The summed E-state index contributed by atoms with van der Waals surface area (Å²) in [4.78, 5) is 8.03. The number of hydrogen-bond acceptors (Lipinski definition) is 5. The van der Waals surface area contributed by atoms with Crippen LogP contribution in [0.1, 0.15) is 18.5 Å². The Morgan fingerprint density at radius 1 is 1.58 bits per heavy atom. The van der Waals surface area contributed by atoms with Crippen LogP contribution in [0.25, 0.3) is 4.96 Å². The molecule has 0 bridgehead atoms. The molecule has 3 rings (SSSR count). The predicted octanol–water partition coefficient (Wildman–Crippen LogP) is 1.37. The highest BCUT2D eigenvalue weighted by Crippen LogP contribution is 2.24. The smallest absolute Gasteiger partial charge is 0.193 e. The van der Waals surface area contributed by atoms with Gasteiger partial charge < -0.3 is 9.84 Å². The van der Waals surface area contributed by atoms with E-state index >= 15 is 0 Å². The minimum atomic E-state index is 0.232. The third-order valence-electron chi connectivity index (χ3n) is 3.79. The molecule has 19 heavy (non-hydrogen) atoms. The number of aliphatic hydroxyl groups excluding tert-OH is 1. The van der Waals surface area contributed by atoms with Gasteiger partial charge in [0.25, 0.3) is 0 Å². The number of fused-ring (bicyclic) bond motifs is 1. The number of nitrogens with zero attached hydrogens (tertiary/aromatic N) is 3. The summed E-state index contributed by atoms with van der Waals surface area (Å²) in [5.74, 6) is 0. The van der Waals surface area contributed by atoms with Gasteiger partial charge in [0.1, 0.15) is 0 Å². The maximum atomic E-state index is 9.17. The van der Waals surface area contributed by atoms with Crippen LogP contribution in [-0.4, -0.2) is 51.8 Å². The lowest BCUT2D eigenvalue weighted by Gasteiger charge is -2.22. The van der Waals surface area contributed by atoms with Crippen molar-refractivity contribution in [1.82, 2.24) is 14.3 Å². The Labute approximate surface area is 116 Å². The van der Waals surface area contributed by atoms with Gasteiger partial charge in [0, 0.05) is 50.6 Å². The molecule has 2 aromatic heterocycles. The number of ether oxygens (including phenoxy) is 1. The van der Waals surface area contributed by atoms with E-state index in [1.807, 2.05) is 11.6 Å². The van der Waals surface area contributed by atoms with Crippen LogP contribution in [0.2, 0.25) is 0 Å². The van der Waals surface area contributed by atoms with Crippen LogP contribution in [0.4, 0.5) is 0 Å². The van der Waals surface area contributed by atoms with Crippen LogP contribution in [0.3, 0.4) is 0 Å². The van der Waals surface area contributed by atoms with Gasteiger partial charge in [-0.25, -0.2) is 4.98 Å². The van der Waals surface area contributed by atoms with E-state index in [1.165, 1.54) is 0 Å². The average Bonchev–Trinajstić information content (AvgIpc) is 3.05. The number of likely N-dealkylation sites (tertiary alicyclic amines) is 1. The minimum absolute atomic E-state index is 0.232. The first kappa shape index (κ1) is 13.1. The number of methoxy groups -OCH3 is 1. The molecule has 104 valence electrons. The third kappa shape index (κ3) is 2.67. The Hall–Kier alpha value is -0.950. The second-order valence-corrected chi connectivity index (χ2v) is 5.89. The van der Waals surface area contributed by atoms with Crippen LogP contribution in [0.15, 0.2) is 17.8 Å².